The van der Waals surface area contributed by atoms with Gasteiger partial charge in [0.2, 0.25) is 0 Å². The fourth-order valence-electron chi connectivity index (χ4n) is 3.55. The minimum Gasteiger partial charge on any atom is -0.494 e. The topological polar surface area (TPSA) is 51.5 Å². The molecule has 0 fully saturated rings. The first-order chi connectivity index (χ1) is 13.7. The lowest BCUT2D eigenvalue weighted by Gasteiger charge is -2.18. The van der Waals surface area contributed by atoms with Crippen molar-refractivity contribution in [3.63, 3.8) is 0 Å². The molecule has 0 saturated heterocycles. The molecule has 5 heteroatoms. The summed E-state index contributed by atoms with van der Waals surface area (Å²) in [6.07, 6.45) is 0.615. The first kappa shape index (κ1) is 20.6. The Labute approximate surface area is 170 Å². The molecule has 0 atom stereocenters. The van der Waals surface area contributed by atoms with Gasteiger partial charge < -0.3 is 14.5 Å². The van der Waals surface area contributed by atoms with Crippen molar-refractivity contribution in [3.05, 3.63) is 81.1 Å². The number of carbonyl (C=O) groups excluding carboxylic acids is 1. The molecule has 3 rings (SSSR count). The first-order valence-electron chi connectivity index (χ1n) is 9.52. The van der Waals surface area contributed by atoms with Gasteiger partial charge in [-0.1, -0.05) is 0 Å². The summed E-state index contributed by atoms with van der Waals surface area (Å²) in [6.45, 7) is 10.7. The van der Waals surface area contributed by atoms with Crippen molar-refractivity contribution in [2.24, 2.45) is 0 Å². The molecule has 152 valence electrons. The smallest absolute Gasteiger partial charge is 0.291 e. The standard InChI is InChI=1S/C24H26FNO3/c1-13-14(2)16(4)20(17(5)15(13)3)12-19-8-10-23(29-19)24(27)26-18-7-9-22(28-6)21(25)11-18/h7-11H,12H2,1-6H3,(H,26,27). The van der Waals surface area contributed by atoms with Crippen LogP contribution in [0.1, 0.15) is 49.7 Å². The lowest BCUT2D eigenvalue weighted by Crippen LogP contribution is -2.11. The maximum absolute atomic E-state index is 13.8. The Bertz CT molecular complexity index is 1050. The number of furan rings is 1. The van der Waals surface area contributed by atoms with Gasteiger partial charge in [0.15, 0.2) is 17.3 Å². The minimum absolute atomic E-state index is 0.123. The van der Waals surface area contributed by atoms with E-state index < -0.39 is 11.7 Å². The molecule has 2 aromatic carbocycles. The van der Waals surface area contributed by atoms with Crippen molar-refractivity contribution in [1.29, 1.82) is 0 Å². The van der Waals surface area contributed by atoms with E-state index in [0.29, 0.717) is 17.9 Å². The van der Waals surface area contributed by atoms with E-state index in [0.717, 1.165) is 0 Å². The van der Waals surface area contributed by atoms with Gasteiger partial charge >= 0.3 is 0 Å². The first-order valence-corrected chi connectivity index (χ1v) is 9.52. The normalized spacial score (nSPS) is 10.9. The molecule has 0 aliphatic carbocycles. The number of rotatable bonds is 5. The molecule has 1 amide bonds. The summed E-state index contributed by atoms with van der Waals surface area (Å²) in [5.41, 5.74) is 7.95. The van der Waals surface area contributed by atoms with Gasteiger partial charge in [0.1, 0.15) is 5.76 Å². The molecule has 0 saturated carbocycles. The Morgan fingerprint density at radius 1 is 0.966 bits per heavy atom. The van der Waals surface area contributed by atoms with Crippen molar-refractivity contribution in [3.8, 4) is 5.75 Å². The van der Waals surface area contributed by atoms with E-state index in [2.05, 4.69) is 39.9 Å². The van der Waals surface area contributed by atoms with E-state index >= 15 is 0 Å². The zero-order valence-corrected chi connectivity index (χ0v) is 17.7. The summed E-state index contributed by atoms with van der Waals surface area (Å²) in [4.78, 5) is 12.5. The van der Waals surface area contributed by atoms with Gasteiger partial charge in [-0.3, -0.25) is 4.79 Å². The van der Waals surface area contributed by atoms with Crippen molar-refractivity contribution >= 4 is 11.6 Å². The van der Waals surface area contributed by atoms with Crippen LogP contribution in [0.5, 0.6) is 5.75 Å². The molecule has 0 aliphatic heterocycles. The van der Waals surface area contributed by atoms with Gasteiger partial charge in [0.25, 0.3) is 5.91 Å². The second-order valence-electron chi connectivity index (χ2n) is 7.35. The van der Waals surface area contributed by atoms with Gasteiger partial charge in [-0.25, -0.2) is 4.39 Å². The fourth-order valence-corrected chi connectivity index (χ4v) is 3.55. The van der Waals surface area contributed by atoms with Crippen molar-refractivity contribution in [2.75, 3.05) is 12.4 Å². The van der Waals surface area contributed by atoms with Crippen LogP contribution in [0, 0.1) is 40.4 Å². The van der Waals surface area contributed by atoms with E-state index in [1.54, 1.807) is 12.1 Å². The highest BCUT2D eigenvalue weighted by Gasteiger charge is 2.17. The zero-order chi connectivity index (χ0) is 21.3. The van der Waals surface area contributed by atoms with Gasteiger partial charge in [-0.15, -0.1) is 0 Å². The quantitative estimate of drug-likeness (QED) is 0.593. The van der Waals surface area contributed by atoms with Crippen LogP contribution in [0.25, 0.3) is 0 Å². The molecule has 0 radical (unpaired) electrons. The number of benzene rings is 2. The van der Waals surface area contributed by atoms with Crippen LogP contribution in [0.4, 0.5) is 10.1 Å². The number of methoxy groups -OCH3 is 1. The van der Waals surface area contributed by atoms with Crippen molar-refractivity contribution in [1.82, 2.24) is 0 Å². The SMILES string of the molecule is COc1ccc(NC(=O)c2ccc(Cc3c(C)c(C)c(C)c(C)c3C)o2)cc1F. The molecular weight excluding hydrogens is 369 g/mol. The fraction of sp³-hybridized carbons (Fsp3) is 0.292. The molecule has 0 bridgehead atoms. The van der Waals surface area contributed by atoms with Crippen LogP contribution in [0.2, 0.25) is 0 Å². The Kier molecular flexibility index (Phi) is 5.78. The van der Waals surface area contributed by atoms with Crippen molar-refractivity contribution < 1.29 is 18.3 Å². The highest BCUT2D eigenvalue weighted by molar-refractivity contribution is 6.02. The average molecular weight is 395 g/mol. The molecule has 0 aliphatic rings. The third-order valence-electron chi connectivity index (χ3n) is 5.80. The number of nitrogens with one attached hydrogen (secondary N) is 1. The monoisotopic (exact) mass is 395 g/mol. The summed E-state index contributed by atoms with van der Waals surface area (Å²) >= 11 is 0. The highest BCUT2D eigenvalue weighted by atomic mass is 19.1. The predicted octanol–water partition coefficient (Wildman–Crippen LogP) is 5.81. The van der Waals surface area contributed by atoms with E-state index in [9.17, 15) is 9.18 Å². The third kappa shape index (κ3) is 4.04. The second-order valence-corrected chi connectivity index (χ2v) is 7.35. The summed E-state index contributed by atoms with van der Waals surface area (Å²) < 4.78 is 24.5. The van der Waals surface area contributed by atoms with Crippen LogP contribution < -0.4 is 10.1 Å². The van der Waals surface area contributed by atoms with Gasteiger partial charge in [-0.05, 0) is 92.3 Å². The second kappa shape index (κ2) is 8.11. The summed E-state index contributed by atoms with van der Waals surface area (Å²) in [6, 6.07) is 7.71. The molecule has 0 unspecified atom stereocenters. The number of ether oxygens (including phenoxy) is 1. The molecule has 29 heavy (non-hydrogen) atoms. The number of carbonyl (C=O) groups is 1. The number of amides is 1. The highest BCUT2D eigenvalue weighted by Crippen LogP contribution is 2.28. The van der Waals surface area contributed by atoms with Crippen LogP contribution in [-0.4, -0.2) is 13.0 Å². The number of hydrogen-bond donors (Lipinski definition) is 1. The lowest BCUT2D eigenvalue weighted by atomic mass is 9.88. The van der Waals surface area contributed by atoms with Gasteiger partial charge in [-0.2, -0.15) is 0 Å². The largest absolute Gasteiger partial charge is 0.494 e. The molecule has 1 heterocycles. The molecule has 3 aromatic rings. The van der Waals surface area contributed by atoms with Crippen LogP contribution >= 0.6 is 0 Å². The van der Waals surface area contributed by atoms with Crippen LogP contribution in [-0.2, 0) is 6.42 Å². The van der Waals surface area contributed by atoms with E-state index in [-0.39, 0.29) is 11.5 Å². The van der Waals surface area contributed by atoms with E-state index in [1.165, 1.54) is 52.6 Å². The van der Waals surface area contributed by atoms with Crippen LogP contribution in [0.3, 0.4) is 0 Å². The maximum atomic E-state index is 13.8. The molecule has 4 nitrogen and oxygen atoms in total. The number of hydrogen-bond acceptors (Lipinski definition) is 3. The van der Waals surface area contributed by atoms with Gasteiger partial charge in [0, 0.05) is 18.2 Å². The summed E-state index contributed by atoms with van der Waals surface area (Å²) in [5, 5.41) is 2.65. The van der Waals surface area contributed by atoms with E-state index in [1.807, 2.05) is 6.07 Å². The van der Waals surface area contributed by atoms with Gasteiger partial charge in [0.05, 0.1) is 7.11 Å². The number of halogens is 1. The number of anilines is 1. The molecule has 0 spiro atoms. The molecular formula is C24H26FNO3. The summed E-state index contributed by atoms with van der Waals surface area (Å²) in [7, 11) is 1.39. The summed E-state index contributed by atoms with van der Waals surface area (Å²) in [5.74, 6) is 0.0572. The van der Waals surface area contributed by atoms with E-state index in [4.69, 9.17) is 9.15 Å². The third-order valence-corrected chi connectivity index (χ3v) is 5.80. The molecule has 1 N–H and O–H groups in total. The zero-order valence-electron chi connectivity index (χ0n) is 17.7. The lowest BCUT2D eigenvalue weighted by molar-refractivity contribution is 0.0995. The average Bonchev–Trinajstić information content (AvgIpc) is 3.17. The maximum Gasteiger partial charge on any atom is 0.291 e. The Hall–Kier alpha value is -3.08. The predicted molar refractivity (Wildman–Crippen MR) is 113 cm³/mol. The van der Waals surface area contributed by atoms with Crippen LogP contribution in [0.15, 0.2) is 34.7 Å². The minimum atomic E-state index is -0.540. The Balaban J connectivity index is 1.79. The Morgan fingerprint density at radius 2 is 1.59 bits per heavy atom. The molecule has 1 aromatic heterocycles. The Morgan fingerprint density at radius 3 is 2.17 bits per heavy atom. The van der Waals surface area contributed by atoms with Crippen molar-refractivity contribution in [2.45, 2.75) is 41.0 Å².